The largest absolute Gasteiger partial charge is 0.425 e. The predicted octanol–water partition coefficient (Wildman–Crippen LogP) is -0.437. The summed E-state index contributed by atoms with van der Waals surface area (Å²) < 4.78 is 47.2. The van der Waals surface area contributed by atoms with Crippen LogP contribution in [0.5, 0.6) is 0 Å². The quantitative estimate of drug-likeness (QED) is 0.678. The highest BCUT2D eigenvalue weighted by Crippen LogP contribution is 2.41. The van der Waals surface area contributed by atoms with Gasteiger partial charge in [0.2, 0.25) is 17.4 Å². The van der Waals surface area contributed by atoms with Crippen molar-refractivity contribution in [3.63, 3.8) is 0 Å². The number of carbonyl (C=O) groups is 2. The van der Waals surface area contributed by atoms with Gasteiger partial charge in [-0.2, -0.15) is 13.2 Å². The van der Waals surface area contributed by atoms with Crippen LogP contribution in [0.15, 0.2) is 12.4 Å². The normalized spacial score (nSPS) is 20.8. The van der Waals surface area contributed by atoms with E-state index < -0.39 is 29.9 Å². The lowest BCUT2D eigenvalue weighted by Crippen LogP contribution is -2.55. The fourth-order valence-corrected chi connectivity index (χ4v) is 3.66. The number of halogens is 3. The zero-order valence-corrected chi connectivity index (χ0v) is 16.8. The van der Waals surface area contributed by atoms with Crippen LogP contribution in [0.2, 0.25) is 0 Å². The number of carbonyl (C=O) groups excluding carboxylic acids is 2. The molecule has 2 saturated heterocycles. The number of nitrogens with zero attached hydrogens (tertiary/aromatic N) is 5. The molecular formula is C18H26F3N5O4. The molecular weight excluding hydrogens is 407 g/mol. The molecule has 9 nitrogen and oxygen atoms in total. The van der Waals surface area contributed by atoms with Crippen molar-refractivity contribution in [2.24, 2.45) is 7.05 Å². The number of aromatic nitrogens is 2. The summed E-state index contributed by atoms with van der Waals surface area (Å²) in [6.45, 7) is 3.46. The van der Waals surface area contributed by atoms with Gasteiger partial charge in [-0.1, -0.05) is 0 Å². The van der Waals surface area contributed by atoms with Gasteiger partial charge in [0.05, 0.1) is 26.2 Å². The van der Waals surface area contributed by atoms with Crippen molar-refractivity contribution in [1.82, 2.24) is 24.3 Å². The summed E-state index contributed by atoms with van der Waals surface area (Å²) in [5, 5.41) is 10.4. The second-order valence-electron chi connectivity index (χ2n) is 7.55. The Balaban J connectivity index is 1.57. The monoisotopic (exact) mass is 433 g/mol. The number of piperazine rings is 1. The minimum atomic E-state index is -5.07. The van der Waals surface area contributed by atoms with Crippen LogP contribution in [0.4, 0.5) is 13.2 Å². The summed E-state index contributed by atoms with van der Waals surface area (Å²) in [4.78, 5) is 33.4. The first-order valence-corrected chi connectivity index (χ1v) is 9.74. The van der Waals surface area contributed by atoms with Gasteiger partial charge >= 0.3 is 6.18 Å². The van der Waals surface area contributed by atoms with Gasteiger partial charge in [0.15, 0.2) is 5.82 Å². The number of aliphatic hydroxyl groups is 1. The third kappa shape index (κ3) is 4.76. The van der Waals surface area contributed by atoms with Gasteiger partial charge in [0.25, 0.3) is 0 Å². The van der Waals surface area contributed by atoms with Gasteiger partial charge in [-0.05, 0) is 0 Å². The van der Waals surface area contributed by atoms with Gasteiger partial charge < -0.3 is 24.2 Å². The van der Waals surface area contributed by atoms with Crippen molar-refractivity contribution in [1.29, 1.82) is 0 Å². The summed E-state index contributed by atoms with van der Waals surface area (Å²) in [5.41, 5.74) is -3.38. The molecule has 2 fully saturated rings. The number of rotatable bonds is 5. The zero-order valence-electron chi connectivity index (χ0n) is 16.8. The molecule has 1 N–H and O–H groups in total. The van der Waals surface area contributed by atoms with E-state index in [1.54, 1.807) is 4.90 Å². The third-order valence-electron chi connectivity index (χ3n) is 5.51. The molecule has 0 saturated carbocycles. The Bertz CT molecular complexity index is 757. The molecule has 1 aromatic rings. The lowest BCUT2D eigenvalue weighted by molar-refractivity contribution is -0.272. The Labute approximate surface area is 172 Å². The Morgan fingerprint density at radius 1 is 1.07 bits per heavy atom. The number of aryl methyl sites for hydroxylation is 1. The fourth-order valence-electron chi connectivity index (χ4n) is 3.66. The van der Waals surface area contributed by atoms with Crippen LogP contribution in [0.1, 0.15) is 12.2 Å². The predicted molar refractivity (Wildman–Crippen MR) is 98.2 cm³/mol. The van der Waals surface area contributed by atoms with Gasteiger partial charge in [0.1, 0.15) is 0 Å². The van der Waals surface area contributed by atoms with Crippen molar-refractivity contribution < 1.29 is 32.6 Å². The summed E-state index contributed by atoms with van der Waals surface area (Å²) in [7, 11) is 1.32. The first-order valence-electron chi connectivity index (χ1n) is 9.74. The lowest BCUT2D eigenvalue weighted by Gasteiger charge is -2.38. The SMILES string of the molecule is Cn1ccnc1C(O)(CC(=O)N1CCN(C(=O)CN2CCOCC2)CC1)C(F)(F)F. The Hall–Kier alpha value is -2.18. The molecule has 1 atom stereocenters. The second-order valence-corrected chi connectivity index (χ2v) is 7.55. The fraction of sp³-hybridized carbons (Fsp3) is 0.722. The molecule has 12 heteroatoms. The number of hydrogen-bond acceptors (Lipinski definition) is 6. The summed E-state index contributed by atoms with van der Waals surface area (Å²) in [5.74, 6) is -1.55. The second kappa shape index (κ2) is 8.90. The summed E-state index contributed by atoms with van der Waals surface area (Å²) in [6, 6.07) is 0. The molecule has 1 unspecified atom stereocenters. The molecule has 0 aromatic carbocycles. The molecule has 0 aliphatic carbocycles. The third-order valence-corrected chi connectivity index (χ3v) is 5.51. The van der Waals surface area contributed by atoms with E-state index in [1.165, 1.54) is 18.1 Å². The van der Waals surface area contributed by atoms with Gasteiger partial charge in [0, 0.05) is 58.7 Å². The van der Waals surface area contributed by atoms with Crippen LogP contribution in [-0.2, 0) is 27.0 Å². The van der Waals surface area contributed by atoms with E-state index in [-0.39, 0.29) is 38.6 Å². The van der Waals surface area contributed by atoms with Crippen LogP contribution >= 0.6 is 0 Å². The summed E-state index contributed by atoms with van der Waals surface area (Å²) in [6.07, 6.45) is -3.83. The number of ether oxygens (including phenoxy) is 1. The first kappa shape index (κ1) is 22.5. The van der Waals surface area contributed by atoms with E-state index in [0.717, 1.165) is 10.8 Å². The van der Waals surface area contributed by atoms with Crippen molar-refractivity contribution in [3.05, 3.63) is 18.2 Å². The highest BCUT2D eigenvalue weighted by molar-refractivity contribution is 5.80. The molecule has 2 amide bonds. The molecule has 30 heavy (non-hydrogen) atoms. The van der Waals surface area contributed by atoms with Crippen LogP contribution < -0.4 is 0 Å². The van der Waals surface area contributed by atoms with E-state index in [1.807, 2.05) is 4.90 Å². The zero-order chi connectivity index (χ0) is 21.9. The maximum Gasteiger partial charge on any atom is 0.425 e. The molecule has 2 aliphatic heterocycles. The minimum absolute atomic E-state index is 0.0798. The average Bonchev–Trinajstić information content (AvgIpc) is 3.14. The number of alkyl halides is 3. The molecule has 1 aromatic heterocycles. The van der Waals surface area contributed by atoms with Gasteiger partial charge in [-0.3, -0.25) is 14.5 Å². The highest BCUT2D eigenvalue weighted by atomic mass is 19.4. The van der Waals surface area contributed by atoms with E-state index in [4.69, 9.17) is 4.74 Å². The number of amides is 2. The number of morpholine rings is 1. The molecule has 2 aliphatic rings. The Morgan fingerprint density at radius 2 is 1.63 bits per heavy atom. The molecule has 3 heterocycles. The van der Waals surface area contributed by atoms with E-state index in [2.05, 4.69) is 4.98 Å². The van der Waals surface area contributed by atoms with Crippen molar-refractivity contribution in [3.8, 4) is 0 Å². The molecule has 168 valence electrons. The van der Waals surface area contributed by atoms with E-state index in [0.29, 0.717) is 26.3 Å². The molecule has 0 radical (unpaired) electrons. The standard InChI is InChI=1S/C18H26F3N5O4/c1-23-3-2-22-16(23)17(29,18(19,20)21)12-14(27)25-4-6-26(7-5-25)15(28)13-24-8-10-30-11-9-24/h2-3,29H,4-13H2,1H3. The van der Waals surface area contributed by atoms with Crippen LogP contribution in [0, 0.1) is 0 Å². The number of imidazole rings is 1. The topological polar surface area (TPSA) is 91.1 Å². The smallest absolute Gasteiger partial charge is 0.379 e. The number of hydrogen-bond donors (Lipinski definition) is 1. The highest BCUT2D eigenvalue weighted by Gasteiger charge is 2.59. The van der Waals surface area contributed by atoms with Gasteiger partial charge in [-0.15, -0.1) is 0 Å². The van der Waals surface area contributed by atoms with E-state index >= 15 is 0 Å². The molecule has 3 rings (SSSR count). The molecule has 0 spiro atoms. The molecule has 0 bridgehead atoms. The maximum absolute atomic E-state index is 13.6. The summed E-state index contributed by atoms with van der Waals surface area (Å²) >= 11 is 0. The first-order chi connectivity index (χ1) is 14.1. The Morgan fingerprint density at radius 3 is 2.13 bits per heavy atom. The van der Waals surface area contributed by atoms with Crippen LogP contribution in [0.3, 0.4) is 0 Å². The average molecular weight is 433 g/mol. The Kier molecular flexibility index (Phi) is 6.68. The minimum Gasteiger partial charge on any atom is -0.379 e. The maximum atomic E-state index is 13.6. The van der Waals surface area contributed by atoms with Crippen molar-refractivity contribution >= 4 is 11.8 Å². The van der Waals surface area contributed by atoms with Crippen LogP contribution in [0.25, 0.3) is 0 Å². The van der Waals surface area contributed by atoms with Crippen molar-refractivity contribution in [2.75, 3.05) is 59.0 Å². The van der Waals surface area contributed by atoms with Gasteiger partial charge in [-0.25, -0.2) is 4.98 Å². The van der Waals surface area contributed by atoms with Crippen LogP contribution in [-0.4, -0.2) is 106 Å². The van der Waals surface area contributed by atoms with E-state index in [9.17, 15) is 27.9 Å². The van der Waals surface area contributed by atoms with Crippen molar-refractivity contribution in [2.45, 2.75) is 18.2 Å². The lowest BCUT2D eigenvalue weighted by atomic mass is 9.96.